The number of aromatic nitrogens is 2. The van der Waals surface area contributed by atoms with Gasteiger partial charge < -0.3 is 5.32 Å². The first kappa shape index (κ1) is 37.3. The van der Waals surface area contributed by atoms with Crippen LogP contribution in [-0.4, -0.2) is 20.6 Å². The van der Waals surface area contributed by atoms with Crippen LogP contribution in [-0.2, 0) is 0 Å². The number of hydrogen-bond donors (Lipinski definition) is 1. The van der Waals surface area contributed by atoms with Gasteiger partial charge in [0, 0.05) is 21.5 Å². The summed E-state index contributed by atoms with van der Waals surface area (Å²) < 4.78 is 4.68. The Morgan fingerprint density at radius 2 is 1.21 bits per heavy atom. The summed E-state index contributed by atoms with van der Waals surface area (Å²) in [6.07, 6.45) is 20.7. The molecule has 7 aromatic rings. The molecule has 2 aliphatic rings. The van der Waals surface area contributed by atoms with E-state index in [1.54, 1.807) is 0 Å². The lowest BCUT2D eigenvalue weighted by Gasteiger charge is -2.33. The fraction of sp³-hybridized carbons (Fsp3) is 0.151. The van der Waals surface area contributed by atoms with Crippen molar-refractivity contribution < 1.29 is 0 Å². The maximum atomic E-state index is 5.78. The van der Waals surface area contributed by atoms with Crippen LogP contribution in [0.3, 0.4) is 0 Å². The van der Waals surface area contributed by atoms with Gasteiger partial charge in [-0.1, -0.05) is 160 Å². The van der Waals surface area contributed by atoms with Crippen molar-refractivity contribution in [3.8, 4) is 0 Å². The van der Waals surface area contributed by atoms with Crippen LogP contribution in [0.4, 0.5) is 0 Å². The number of hydrogen-bond acceptors (Lipinski definition) is 2. The normalized spacial score (nSPS) is 20.3. The monoisotopic (exact) mass is 742 g/mol. The molecule has 9 rings (SSSR count). The Bertz CT molecular complexity index is 2610. The SMILES string of the molecule is C=C(/C=C\C=C/C)/C1=C/C(C2(C)C=C(n3c4ccccc4c4ccccc43)NC(n3c4ccccc4c4ccccc43)=N2)=C\C(c2ccccc2)=C\CCC1.CC. The Kier molecular flexibility index (Phi) is 10.6. The molecule has 0 bridgehead atoms. The van der Waals surface area contributed by atoms with Crippen molar-refractivity contribution in [2.75, 3.05) is 0 Å². The second-order valence-corrected chi connectivity index (χ2v) is 14.6. The number of nitrogens with one attached hydrogen (secondary N) is 1. The van der Waals surface area contributed by atoms with Crippen LogP contribution >= 0.6 is 0 Å². The van der Waals surface area contributed by atoms with Crippen molar-refractivity contribution in [3.63, 3.8) is 0 Å². The Hall–Kier alpha value is -6.65. The van der Waals surface area contributed by atoms with E-state index in [4.69, 9.17) is 4.99 Å². The number of nitrogens with zero attached hydrogens (tertiary/aromatic N) is 3. The van der Waals surface area contributed by atoms with Gasteiger partial charge in [0.2, 0.25) is 5.96 Å². The topological polar surface area (TPSA) is 34.2 Å². The molecule has 4 nitrogen and oxygen atoms in total. The van der Waals surface area contributed by atoms with Crippen LogP contribution in [0.1, 0.15) is 52.5 Å². The summed E-state index contributed by atoms with van der Waals surface area (Å²) >= 11 is 0. The molecule has 4 heteroatoms. The van der Waals surface area contributed by atoms with Crippen LogP contribution < -0.4 is 5.32 Å². The van der Waals surface area contributed by atoms with Crippen LogP contribution in [0.2, 0.25) is 0 Å². The Morgan fingerprint density at radius 3 is 1.77 bits per heavy atom. The van der Waals surface area contributed by atoms with Gasteiger partial charge in [-0.25, -0.2) is 4.99 Å². The summed E-state index contributed by atoms with van der Waals surface area (Å²) in [6, 6.07) is 45.4. The molecule has 1 atom stereocenters. The summed E-state index contributed by atoms with van der Waals surface area (Å²) in [4.78, 5) is 5.78. The fourth-order valence-corrected chi connectivity index (χ4v) is 8.25. The lowest BCUT2D eigenvalue weighted by Crippen LogP contribution is -2.41. The molecular weight excluding hydrogens is 693 g/mol. The Morgan fingerprint density at radius 1 is 0.684 bits per heavy atom. The highest BCUT2D eigenvalue weighted by molar-refractivity contribution is 6.16. The molecular formula is C53H50N4. The summed E-state index contributed by atoms with van der Waals surface area (Å²) in [7, 11) is 0. The van der Waals surface area contributed by atoms with E-state index in [0.29, 0.717) is 0 Å². The highest BCUT2D eigenvalue weighted by Gasteiger charge is 2.34. The molecule has 0 radical (unpaired) electrons. The molecule has 0 spiro atoms. The first-order chi connectivity index (χ1) is 28.0. The second-order valence-electron chi connectivity index (χ2n) is 14.6. The van der Waals surface area contributed by atoms with Gasteiger partial charge in [-0.15, -0.1) is 0 Å². The van der Waals surface area contributed by atoms with Gasteiger partial charge in [-0.05, 0) is 97.4 Å². The van der Waals surface area contributed by atoms with Crippen molar-refractivity contribution in [1.29, 1.82) is 0 Å². The molecule has 282 valence electrons. The van der Waals surface area contributed by atoms with E-state index in [1.807, 2.05) is 26.8 Å². The Labute approximate surface area is 336 Å². The number of aliphatic imine (C=N–C) groups is 1. The quantitative estimate of drug-likeness (QED) is 0.169. The largest absolute Gasteiger partial charge is 0.311 e. The number of allylic oxidation sites excluding steroid dienone is 9. The zero-order chi connectivity index (χ0) is 39.4. The molecule has 57 heavy (non-hydrogen) atoms. The minimum atomic E-state index is -0.800. The minimum absolute atomic E-state index is 0.770. The van der Waals surface area contributed by atoms with Gasteiger partial charge in [0.15, 0.2) is 0 Å². The fourth-order valence-electron chi connectivity index (χ4n) is 8.25. The lowest BCUT2D eigenvalue weighted by molar-refractivity contribution is 0.676. The van der Waals surface area contributed by atoms with Crippen molar-refractivity contribution in [2.24, 2.45) is 4.99 Å². The average molecular weight is 743 g/mol. The summed E-state index contributed by atoms with van der Waals surface area (Å²) in [5.41, 5.74) is 9.41. The van der Waals surface area contributed by atoms with Gasteiger partial charge in [0.1, 0.15) is 11.4 Å². The Balaban J connectivity index is 0.00000224. The van der Waals surface area contributed by atoms with Gasteiger partial charge in [-0.3, -0.25) is 9.13 Å². The smallest absolute Gasteiger partial charge is 0.210 e. The van der Waals surface area contributed by atoms with Gasteiger partial charge >= 0.3 is 0 Å². The van der Waals surface area contributed by atoms with Crippen LogP contribution in [0.25, 0.3) is 55.0 Å². The third-order valence-electron chi connectivity index (χ3n) is 11.0. The van der Waals surface area contributed by atoms with E-state index < -0.39 is 5.54 Å². The summed E-state index contributed by atoms with van der Waals surface area (Å²) in [5, 5.41) is 8.73. The number of rotatable bonds is 6. The van der Waals surface area contributed by atoms with E-state index in [1.165, 1.54) is 38.3 Å². The molecule has 3 heterocycles. The van der Waals surface area contributed by atoms with Crippen LogP contribution in [0.5, 0.6) is 0 Å². The third-order valence-corrected chi connectivity index (χ3v) is 11.0. The zero-order valence-electron chi connectivity index (χ0n) is 33.4. The van der Waals surface area contributed by atoms with E-state index in [-0.39, 0.29) is 0 Å². The second kappa shape index (κ2) is 16.2. The van der Waals surface area contributed by atoms with Gasteiger partial charge in [-0.2, -0.15) is 0 Å². The van der Waals surface area contributed by atoms with Crippen LogP contribution in [0.15, 0.2) is 204 Å². The highest BCUT2D eigenvalue weighted by atomic mass is 15.3. The van der Waals surface area contributed by atoms with Crippen molar-refractivity contribution in [2.45, 2.75) is 52.5 Å². The van der Waals surface area contributed by atoms with Crippen LogP contribution in [0, 0.1) is 0 Å². The zero-order valence-corrected chi connectivity index (χ0v) is 33.4. The third kappa shape index (κ3) is 7.04. The first-order valence-corrected chi connectivity index (χ1v) is 20.3. The highest BCUT2D eigenvalue weighted by Crippen LogP contribution is 2.39. The standard InChI is InChI=1S/C51H44N4.C2H6/c1-4-5-7-20-36(2)38-23-10-11-24-39(37-21-8-6-9-22-37)34-40(33-38)51(3)35-49(54-45-29-16-12-25-41(45)42-26-13-17-30-46(42)54)52-50(53-51)55-47-31-18-14-27-43(47)44-28-15-19-32-48(44)55;1-2/h4-9,12-22,24-35H,2,10-11,23H2,1,3H3,(H,52,53);1-2H3/b5-4-,20-7-,38-33+,39-24-,40-34+;. The number of benzene rings is 5. The molecule has 0 fully saturated rings. The number of fused-ring (bicyclic) bond motifs is 6. The maximum Gasteiger partial charge on any atom is 0.210 e. The van der Waals surface area contributed by atoms with Crippen molar-refractivity contribution in [3.05, 3.63) is 205 Å². The van der Waals surface area contributed by atoms with E-state index in [0.717, 1.165) is 64.3 Å². The lowest BCUT2D eigenvalue weighted by atomic mass is 9.85. The van der Waals surface area contributed by atoms with E-state index >= 15 is 0 Å². The molecule has 1 N–H and O–H groups in total. The molecule has 2 aromatic heterocycles. The van der Waals surface area contributed by atoms with E-state index in [9.17, 15) is 0 Å². The molecule has 1 aliphatic carbocycles. The predicted molar refractivity (Wildman–Crippen MR) is 246 cm³/mol. The van der Waals surface area contributed by atoms with Gasteiger partial charge in [0.25, 0.3) is 0 Å². The summed E-state index contributed by atoms with van der Waals surface area (Å²) in [5.74, 6) is 1.73. The molecule has 1 unspecified atom stereocenters. The average Bonchev–Trinajstić information content (AvgIpc) is 3.81. The van der Waals surface area contributed by atoms with Crippen molar-refractivity contribution >= 4 is 61.0 Å². The first-order valence-electron chi connectivity index (χ1n) is 20.3. The van der Waals surface area contributed by atoms with Gasteiger partial charge in [0.05, 0.1) is 22.1 Å². The molecule has 0 saturated heterocycles. The molecule has 5 aromatic carbocycles. The maximum absolute atomic E-state index is 5.78. The molecule has 0 saturated carbocycles. The molecule has 1 aliphatic heterocycles. The minimum Gasteiger partial charge on any atom is -0.311 e. The van der Waals surface area contributed by atoms with E-state index in [2.05, 4.69) is 198 Å². The van der Waals surface area contributed by atoms with Crippen molar-refractivity contribution in [1.82, 2.24) is 14.5 Å². The molecule has 0 amide bonds. The summed E-state index contributed by atoms with van der Waals surface area (Å²) in [6.45, 7) is 12.9. The number of para-hydroxylation sites is 4. The predicted octanol–water partition coefficient (Wildman–Crippen LogP) is 13.8.